The van der Waals surface area contributed by atoms with Crippen LogP contribution in [-0.2, 0) is 0 Å². The van der Waals surface area contributed by atoms with Gasteiger partial charge in [-0.05, 0) is 28.1 Å². The average molecular weight is 309 g/mol. The molecule has 0 radical (unpaired) electrons. The van der Waals surface area contributed by atoms with E-state index in [0.717, 1.165) is 21.5 Å². The van der Waals surface area contributed by atoms with Gasteiger partial charge in [0.2, 0.25) is 0 Å². The summed E-state index contributed by atoms with van der Waals surface area (Å²) in [5.74, 6) is 0.805. The van der Waals surface area contributed by atoms with Crippen molar-refractivity contribution < 1.29 is 0 Å². The van der Waals surface area contributed by atoms with Gasteiger partial charge in [0.15, 0.2) is 0 Å². The van der Waals surface area contributed by atoms with Crippen LogP contribution in [0.15, 0.2) is 47.5 Å². The normalized spacial score (nSPS) is 10.9. The minimum atomic E-state index is 0.684. The molecule has 0 saturated heterocycles. The van der Waals surface area contributed by atoms with Gasteiger partial charge in [0.25, 0.3) is 0 Å². The predicted octanol–water partition coefficient (Wildman–Crippen LogP) is 3.81. The molecule has 2 heterocycles. The Morgan fingerprint density at radius 3 is 2.88 bits per heavy atom. The van der Waals surface area contributed by atoms with Crippen molar-refractivity contribution in [1.29, 1.82) is 0 Å². The first kappa shape index (κ1) is 10.7. The molecule has 17 heavy (non-hydrogen) atoms. The van der Waals surface area contributed by atoms with Crippen LogP contribution in [0.3, 0.4) is 0 Å². The van der Waals surface area contributed by atoms with E-state index in [2.05, 4.69) is 25.9 Å². The largest absolute Gasteiger partial charge is 0.296 e. The molecule has 3 rings (SSSR count). The van der Waals surface area contributed by atoms with E-state index in [1.807, 2.05) is 34.9 Å². The smallest absolute Gasteiger partial charge is 0.147 e. The Labute approximate surface area is 111 Å². The summed E-state index contributed by atoms with van der Waals surface area (Å²) in [4.78, 5) is 8.56. The highest BCUT2D eigenvalue weighted by Crippen LogP contribution is 2.30. The van der Waals surface area contributed by atoms with Crippen LogP contribution in [0, 0.1) is 0 Å². The van der Waals surface area contributed by atoms with Crippen LogP contribution < -0.4 is 0 Å². The van der Waals surface area contributed by atoms with Gasteiger partial charge in [-0.25, -0.2) is 4.98 Å². The van der Waals surface area contributed by atoms with E-state index in [1.54, 1.807) is 12.4 Å². The summed E-state index contributed by atoms with van der Waals surface area (Å²) in [5, 5.41) is 0.684. The van der Waals surface area contributed by atoms with Crippen LogP contribution in [0.5, 0.6) is 0 Å². The minimum Gasteiger partial charge on any atom is -0.296 e. The van der Waals surface area contributed by atoms with E-state index in [1.165, 1.54) is 0 Å². The number of hydrogen-bond acceptors (Lipinski definition) is 2. The highest BCUT2D eigenvalue weighted by atomic mass is 79.9. The maximum absolute atomic E-state index is 6.18. The van der Waals surface area contributed by atoms with Crippen molar-refractivity contribution in [3.8, 4) is 11.4 Å². The molecule has 0 bridgehead atoms. The van der Waals surface area contributed by atoms with Gasteiger partial charge in [0.1, 0.15) is 10.4 Å². The Morgan fingerprint density at radius 1 is 1.24 bits per heavy atom. The van der Waals surface area contributed by atoms with Gasteiger partial charge in [0, 0.05) is 18.0 Å². The SMILES string of the molecule is Clc1ccccc1-c1nc(Br)c2cnccn12. The first-order valence-electron chi connectivity index (χ1n) is 5.00. The summed E-state index contributed by atoms with van der Waals surface area (Å²) in [7, 11) is 0. The van der Waals surface area contributed by atoms with Crippen molar-refractivity contribution in [1.82, 2.24) is 14.4 Å². The Balaban J connectivity index is 2.35. The van der Waals surface area contributed by atoms with E-state index in [4.69, 9.17) is 11.6 Å². The Kier molecular flexibility index (Phi) is 2.61. The van der Waals surface area contributed by atoms with E-state index in [-0.39, 0.29) is 0 Å². The third-order valence-corrected chi connectivity index (χ3v) is 3.43. The molecular formula is C12H7BrClN3. The summed E-state index contributed by atoms with van der Waals surface area (Å²) in [6, 6.07) is 7.65. The number of fused-ring (bicyclic) bond motifs is 1. The van der Waals surface area contributed by atoms with E-state index < -0.39 is 0 Å². The third kappa shape index (κ3) is 1.73. The molecule has 0 fully saturated rings. The number of rotatable bonds is 1. The number of aromatic nitrogens is 3. The Bertz CT molecular complexity index is 693. The lowest BCUT2D eigenvalue weighted by Gasteiger charge is -2.02. The fourth-order valence-corrected chi connectivity index (χ4v) is 2.42. The predicted molar refractivity (Wildman–Crippen MR) is 71.1 cm³/mol. The molecule has 1 aromatic carbocycles. The minimum absolute atomic E-state index is 0.684. The third-order valence-electron chi connectivity index (χ3n) is 2.52. The van der Waals surface area contributed by atoms with Crippen LogP contribution in [-0.4, -0.2) is 14.4 Å². The lowest BCUT2D eigenvalue weighted by atomic mass is 10.2. The second kappa shape index (κ2) is 4.13. The molecule has 0 unspecified atom stereocenters. The molecule has 2 aromatic heterocycles. The number of hydrogen-bond donors (Lipinski definition) is 0. The van der Waals surface area contributed by atoms with E-state index in [9.17, 15) is 0 Å². The van der Waals surface area contributed by atoms with Gasteiger partial charge in [-0.1, -0.05) is 23.7 Å². The van der Waals surface area contributed by atoms with Gasteiger partial charge in [-0.2, -0.15) is 0 Å². The van der Waals surface area contributed by atoms with Crippen molar-refractivity contribution >= 4 is 33.0 Å². The van der Waals surface area contributed by atoms with Crippen LogP contribution in [0.4, 0.5) is 0 Å². The van der Waals surface area contributed by atoms with Crippen LogP contribution in [0.25, 0.3) is 16.9 Å². The van der Waals surface area contributed by atoms with Gasteiger partial charge < -0.3 is 0 Å². The molecule has 5 heteroatoms. The highest BCUT2D eigenvalue weighted by molar-refractivity contribution is 9.10. The molecule has 0 N–H and O–H groups in total. The molecule has 0 aliphatic carbocycles. The molecule has 3 aromatic rings. The molecule has 0 spiro atoms. The highest BCUT2D eigenvalue weighted by Gasteiger charge is 2.12. The number of nitrogens with zero attached hydrogens (tertiary/aromatic N) is 3. The fraction of sp³-hybridized carbons (Fsp3) is 0. The van der Waals surface area contributed by atoms with Crippen LogP contribution >= 0.6 is 27.5 Å². The second-order valence-electron chi connectivity index (χ2n) is 3.54. The zero-order chi connectivity index (χ0) is 11.8. The van der Waals surface area contributed by atoms with Crippen molar-refractivity contribution in [3.05, 3.63) is 52.5 Å². The molecule has 0 aliphatic rings. The monoisotopic (exact) mass is 307 g/mol. The van der Waals surface area contributed by atoms with Crippen molar-refractivity contribution in [3.63, 3.8) is 0 Å². The zero-order valence-corrected chi connectivity index (χ0v) is 11.0. The average Bonchev–Trinajstić information content (AvgIpc) is 2.68. The molecule has 0 saturated carbocycles. The van der Waals surface area contributed by atoms with E-state index >= 15 is 0 Å². The number of imidazole rings is 1. The second-order valence-corrected chi connectivity index (χ2v) is 4.70. The summed E-state index contributed by atoms with van der Waals surface area (Å²) in [5.41, 5.74) is 1.82. The summed E-state index contributed by atoms with van der Waals surface area (Å²) in [6.07, 6.45) is 5.35. The zero-order valence-electron chi connectivity index (χ0n) is 8.64. The summed E-state index contributed by atoms with van der Waals surface area (Å²) in [6.45, 7) is 0. The van der Waals surface area contributed by atoms with E-state index in [0.29, 0.717) is 5.02 Å². The first-order chi connectivity index (χ1) is 8.27. The van der Waals surface area contributed by atoms with Crippen LogP contribution in [0.1, 0.15) is 0 Å². The topological polar surface area (TPSA) is 30.2 Å². The first-order valence-corrected chi connectivity index (χ1v) is 6.17. The quantitative estimate of drug-likeness (QED) is 0.684. The standard InChI is InChI=1S/C12H7BrClN3/c13-11-10-7-15-5-6-17(10)12(16-11)8-3-1-2-4-9(8)14/h1-7H. The number of halogens is 2. The number of benzene rings is 1. The summed E-state index contributed by atoms with van der Waals surface area (Å²) >= 11 is 9.61. The van der Waals surface area contributed by atoms with Gasteiger partial charge in [-0.15, -0.1) is 0 Å². The lowest BCUT2D eigenvalue weighted by Crippen LogP contribution is -1.89. The van der Waals surface area contributed by atoms with Gasteiger partial charge in [-0.3, -0.25) is 9.38 Å². The van der Waals surface area contributed by atoms with Gasteiger partial charge >= 0.3 is 0 Å². The molecule has 3 nitrogen and oxygen atoms in total. The summed E-state index contributed by atoms with van der Waals surface area (Å²) < 4.78 is 2.72. The molecular weight excluding hydrogens is 302 g/mol. The van der Waals surface area contributed by atoms with Crippen LogP contribution in [0.2, 0.25) is 5.02 Å². The molecule has 0 aliphatic heterocycles. The Morgan fingerprint density at radius 2 is 2.06 bits per heavy atom. The Hall–Kier alpha value is -1.39. The van der Waals surface area contributed by atoms with Crippen molar-refractivity contribution in [2.75, 3.05) is 0 Å². The van der Waals surface area contributed by atoms with Gasteiger partial charge in [0.05, 0.1) is 16.7 Å². The molecule has 0 amide bonds. The molecule has 84 valence electrons. The maximum Gasteiger partial charge on any atom is 0.147 e. The molecule has 0 atom stereocenters. The van der Waals surface area contributed by atoms with Crippen molar-refractivity contribution in [2.45, 2.75) is 0 Å². The maximum atomic E-state index is 6.18. The fourth-order valence-electron chi connectivity index (χ4n) is 1.74. The lowest BCUT2D eigenvalue weighted by molar-refractivity contribution is 1.12. The van der Waals surface area contributed by atoms with Crippen molar-refractivity contribution in [2.24, 2.45) is 0 Å².